The van der Waals surface area contributed by atoms with Gasteiger partial charge in [-0.1, -0.05) is 54.0 Å². The van der Waals surface area contributed by atoms with Crippen LogP contribution in [-0.2, 0) is 19.1 Å². The van der Waals surface area contributed by atoms with Crippen LogP contribution in [0.3, 0.4) is 0 Å². The van der Waals surface area contributed by atoms with E-state index in [9.17, 15) is 27.6 Å². The summed E-state index contributed by atoms with van der Waals surface area (Å²) in [6.07, 6.45) is 5.03. The first-order valence-corrected chi connectivity index (χ1v) is 17.2. The van der Waals surface area contributed by atoms with Crippen LogP contribution in [0.15, 0.2) is 11.6 Å². The van der Waals surface area contributed by atoms with Gasteiger partial charge < -0.3 is 10.1 Å². The Kier molecular flexibility index (Phi) is 7.38. The van der Waals surface area contributed by atoms with Gasteiger partial charge >= 0.3 is 6.30 Å². The van der Waals surface area contributed by atoms with Crippen molar-refractivity contribution >= 4 is 17.6 Å². The summed E-state index contributed by atoms with van der Waals surface area (Å²) in [5.41, 5.74) is -1.14. The van der Waals surface area contributed by atoms with Crippen molar-refractivity contribution in [3.63, 3.8) is 0 Å². The number of allylic oxidation sites excluding steroid dienone is 2. The molecule has 0 radical (unpaired) electrons. The summed E-state index contributed by atoms with van der Waals surface area (Å²) < 4.78 is 46.3. The lowest BCUT2D eigenvalue weighted by molar-refractivity contribution is -0.211. The molecule has 0 heterocycles. The lowest BCUT2D eigenvalue weighted by Gasteiger charge is -2.70. The average molecular weight is 635 g/mol. The van der Waals surface area contributed by atoms with E-state index in [4.69, 9.17) is 4.74 Å². The smallest absolute Gasteiger partial charge is 0.372 e. The van der Waals surface area contributed by atoms with Crippen molar-refractivity contribution in [3.05, 3.63) is 11.6 Å². The zero-order valence-corrected chi connectivity index (χ0v) is 28.4. The molecule has 5 saturated carbocycles. The van der Waals surface area contributed by atoms with Crippen LogP contribution < -0.4 is 10.6 Å². The number of fused-ring (bicyclic) bond motifs is 7. The third kappa shape index (κ3) is 4.94. The van der Waals surface area contributed by atoms with E-state index in [2.05, 4.69) is 46.9 Å². The molecule has 0 aromatic carbocycles. The maximum atomic E-state index is 14.6. The van der Waals surface area contributed by atoms with Gasteiger partial charge in [0.05, 0.1) is 18.2 Å². The first-order valence-electron chi connectivity index (χ1n) is 17.2. The van der Waals surface area contributed by atoms with Crippen LogP contribution in [0.2, 0.25) is 0 Å². The van der Waals surface area contributed by atoms with E-state index in [-0.39, 0.29) is 68.9 Å². The van der Waals surface area contributed by atoms with Gasteiger partial charge in [0.15, 0.2) is 5.78 Å². The summed E-state index contributed by atoms with van der Waals surface area (Å²) in [5, 5.41) is 4.28. The molecule has 0 bridgehead atoms. The number of amides is 2. The average Bonchev–Trinajstić information content (AvgIpc) is 3.63. The van der Waals surface area contributed by atoms with Gasteiger partial charge in [0.1, 0.15) is 0 Å². The number of halogens is 3. The van der Waals surface area contributed by atoms with Crippen LogP contribution in [0.4, 0.5) is 13.2 Å². The predicted octanol–water partition coefficient (Wildman–Crippen LogP) is 7.27. The normalized spacial score (nSPS) is 48.5. The molecule has 5 fully saturated rings. The Morgan fingerprint density at radius 2 is 1.60 bits per heavy atom. The van der Waals surface area contributed by atoms with E-state index in [0.717, 1.165) is 50.5 Å². The Hall–Kier alpha value is -1.90. The molecule has 2 N–H and O–H groups in total. The van der Waals surface area contributed by atoms with E-state index in [1.54, 1.807) is 6.92 Å². The summed E-state index contributed by atoms with van der Waals surface area (Å²) in [6, 6.07) is 0.0860. The molecule has 6 nitrogen and oxygen atoms in total. The van der Waals surface area contributed by atoms with Gasteiger partial charge in [0, 0.05) is 18.3 Å². The minimum absolute atomic E-state index is 0.0321. The van der Waals surface area contributed by atoms with Crippen molar-refractivity contribution in [1.29, 1.82) is 0 Å². The second-order valence-corrected chi connectivity index (χ2v) is 17.8. The van der Waals surface area contributed by atoms with Crippen molar-refractivity contribution in [3.8, 4) is 0 Å². The second kappa shape index (κ2) is 10.1. The van der Waals surface area contributed by atoms with Crippen LogP contribution in [-0.4, -0.2) is 42.1 Å². The molecule has 0 aromatic heterocycles. The zero-order chi connectivity index (χ0) is 33.2. The summed E-state index contributed by atoms with van der Waals surface area (Å²) >= 11 is 0. The number of nitrogens with one attached hydrogen (secondary N) is 2. The molecule has 45 heavy (non-hydrogen) atoms. The van der Waals surface area contributed by atoms with E-state index >= 15 is 0 Å². The van der Waals surface area contributed by atoms with Gasteiger partial charge in [-0.05, 0) is 109 Å². The highest BCUT2D eigenvalue weighted by atomic mass is 19.4. The summed E-state index contributed by atoms with van der Waals surface area (Å²) in [6.45, 7) is 17.0. The van der Waals surface area contributed by atoms with Gasteiger partial charge in [0.25, 0.3) is 0 Å². The fourth-order valence-corrected chi connectivity index (χ4v) is 11.8. The third-order valence-electron chi connectivity index (χ3n) is 14.8. The minimum atomic E-state index is -4.76. The number of alkyl halides is 3. The molecular weight excluding hydrogens is 581 g/mol. The van der Waals surface area contributed by atoms with Gasteiger partial charge in [-0.15, -0.1) is 0 Å². The molecule has 252 valence electrons. The SMILES string of the molecule is CC(=O)NC1CC1O[C@H]1CC[C@@]2(C)C(CC[C@]3(C)[C@@H]2C(=O)C=C2[C@@H]4C[C@@](C)(C(=O)NC(F)(F)F)CC[C@]4(C)CC[C@]23C)C1(C)C. The maximum Gasteiger partial charge on any atom is 0.484 e. The van der Waals surface area contributed by atoms with Crippen molar-refractivity contribution in [1.82, 2.24) is 10.6 Å². The number of hydrogen-bond acceptors (Lipinski definition) is 4. The van der Waals surface area contributed by atoms with Crippen LogP contribution >= 0.6 is 0 Å². The molecule has 11 atom stereocenters. The molecule has 6 aliphatic carbocycles. The van der Waals surface area contributed by atoms with Crippen molar-refractivity contribution in [2.45, 2.75) is 144 Å². The Labute approximate surface area is 266 Å². The van der Waals surface area contributed by atoms with Crippen molar-refractivity contribution in [2.75, 3.05) is 0 Å². The van der Waals surface area contributed by atoms with Gasteiger partial charge in [0.2, 0.25) is 11.8 Å². The third-order valence-corrected chi connectivity index (χ3v) is 14.8. The summed E-state index contributed by atoms with van der Waals surface area (Å²) in [7, 11) is 0. The van der Waals surface area contributed by atoms with E-state index in [1.165, 1.54) is 12.2 Å². The highest BCUT2D eigenvalue weighted by Gasteiger charge is 2.70. The number of ether oxygens (including phenoxy) is 1. The topological polar surface area (TPSA) is 84.5 Å². The summed E-state index contributed by atoms with van der Waals surface area (Å²) in [4.78, 5) is 39.1. The number of carbonyl (C=O) groups excluding carboxylic acids is 3. The molecule has 2 amide bonds. The first-order chi connectivity index (χ1) is 20.6. The standard InChI is InChI=1S/C36H53F3N2O4/c1-20(42)40-23-18-25(23)45-27-10-11-33(6)26(30(27,2)3)9-12-35(8)28(33)24(43)17-21-22-19-32(5,29(44)41-36(37,38)39)14-13-31(22,4)15-16-34(21,35)7/h17,22-23,25-28H,9-16,18-19H2,1-8H3,(H,40,42)(H,41,44)/t22-,23?,25?,26?,27-,28+,31+,32-,33-,34+,35+/m0/s1. The van der Waals surface area contributed by atoms with Crippen molar-refractivity contribution < 1.29 is 32.3 Å². The first kappa shape index (κ1) is 33.0. The van der Waals surface area contributed by atoms with E-state index in [1.807, 2.05) is 6.08 Å². The molecule has 0 spiro atoms. The second-order valence-electron chi connectivity index (χ2n) is 17.8. The highest BCUT2D eigenvalue weighted by Crippen LogP contribution is 2.75. The lowest BCUT2D eigenvalue weighted by Crippen LogP contribution is -2.67. The highest BCUT2D eigenvalue weighted by molar-refractivity contribution is 5.95. The van der Waals surface area contributed by atoms with Crippen LogP contribution in [0.5, 0.6) is 0 Å². The lowest BCUT2D eigenvalue weighted by atomic mass is 9.33. The Morgan fingerprint density at radius 3 is 2.24 bits per heavy atom. The molecule has 0 saturated heterocycles. The molecular formula is C36H53F3N2O4. The monoisotopic (exact) mass is 634 g/mol. The molecule has 3 unspecified atom stereocenters. The molecule has 9 heteroatoms. The molecule has 6 rings (SSSR count). The largest absolute Gasteiger partial charge is 0.484 e. The van der Waals surface area contributed by atoms with Crippen LogP contribution in [0.1, 0.15) is 120 Å². The Bertz CT molecular complexity index is 1330. The van der Waals surface area contributed by atoms with Gasteiger partial charge in [-0.25, -0.2) is 0 Å². The number of ketones is 1. The Morgan fingerprint density at radius 1 is 0.933 bits per heavy atom. The minimum Gasteiger partial charge on any atom is -0.372 e. The van der Waals surface area contributed by atoms with Crippen LogP contribution in [0.25, 0.3) is 0 Å². The number of rotatable bonds is 4. The maximum absolute atomic E-state index is 14.6. The van der Waals surface area contributed by atoms with Crippen molar-refractivity contribution in [2.24, 2.45) is 50.2 Å². The van der Waals surface area contributed by atoms with E-state index in [0.29, 0.717) is 25.2 Å². The van der Waals surface area contributed by atoms with Gasteiger partial charge in [-0.2, -0.15) is 13.2 Å². The molecule has 6 aliphatic rings. The fourth-order valence-electron chi connectivity index (χ4n) is 11.8. The van der Waals surface area contributed by atoms with E-state index < -0.39 is 17.6 Å². The number of hydrogen-bond donors (Lipinski definition) is 2. The molecule has 0 aromatic rings. The number of carbonyl (C=O) groups is 3. The zero-order valence-electron chi connectivity index (χ0n) is 28.4. The predicted molar refractivity (Wildman–Crippen MR) is 165 cm³/mol. The quantitative estimate of drug-likeness (QED) is 0.319. The van der Waals surface area contributed by atoms with Crippen LogP contribution in [0, 0.1) is 50.2 Å². The molecule has 0 aliphatic heterocycles. The van der Waals surface area contributed by atoms with Gasteiger partial charge in [-0.3, -0.25) is 19.7 Å². The Balaban J connectivity index is 1.30. The summed E-state index contributed by atoms with van der Waals surface area (Å²) in [5.74, 6) is -0.803. The fraction of sp³-hybridized carbons (Fsp3) is 0.861.